The number of ether oxygens (including phenoxy) is 1. The maximum absolute atomic E-state index is 11.9. The average Bonchev–Trinajstić information content (AvgIpc) is 2.39. The number of rotatable bonds is 7. The molecule has 1 rings (SSSR count). The summed E-state index contributed by atoms with van der Waals surface area (Å²) in [4.78, 5) is 23.2. The molecule has 1 aromatic carbocycles. The van der Waals surface area contributed by atoms with Gasteiger partial charge in [-0.15, -0.1) is 0 Å². The summed E-state index contributed by atoms with van der Waals surface area (Å²) in [6.07, 6.45) is 1.38. The molecule has 0 fully saturated rings. The molecule has 2 unspecified atom stereocenters. The Morgan fingerprint density at radius 3 is 2.60 bits per heavy atom. The summed E-state index contributed by atoms with van der Waals surface area (Å²) in [5.41, 5.74) is 0.578. The predicted molar refractivity (Wildman–Crippen MR) is 79.0 cm³/mol. The Hall–Kier alpha value is -1.84. The second kappa shape index (κ2) is 7.68. The molecular weight excluding hydrogens is 254 g/mol. The smallest absolute Gasteiger partial charge is 0.260 e. The third kappa shape index (κ3) is 5.03. The number of benzene rings is 1. The van der Waals surface area contributed by atoms with E-state index in [0.717, 1.165) is 12.8 Å². The fourth-order valence-corrected chi connectivity index (χ4v) is 1.91. The Labute approximate surface area is 120 Å². The van der Waals surface area contributed by atoms with Crippen molar-refractivity contribution in [2.75, 3.05) is 0 Å². The molecule has 0 aliphatic carbocycles. The van der Waals surface area contributed by atoms with Crippen LogP contribution in [0.25, 0.3) is 0 Å². The zero-order chi connectivity index (χ0) is 15.1. The van der Waals surface area contributed by atoms with Crippen LogP contribution in [0.4, 0.5) is 0 Å². The Morgan fingerprint density at radius 1 is 1.30 bits per heavy atom. The van der Waals surface area contributed by atoms with Gasteiger partial charge in [0.15, 0.2) is 11.9 Å². The minimum absolute atomic E-state index is 0.0240. The molecule has 0 aliphatic heterocycles. The minimum atomic E-state index is -0.587. The van der Waals surface area contributed by atoms with Crippen molar-refractivity contribution in [2.24, 2.45) is 0 Å². The van der Waals surface area contributed by atoms with Gasteiger partial charge in [-0.3, -0.25) is 9.59 Å². The summed E-state index contributed by atoms with van der Waals surface area (Å²) in [5.74, 6) is 0.367. The summed E-state index contributed by atoms with van der Waals surface area (Å²) in [7, 11) is 0. The lowest BCUT2D eigenvalue weighted by molar-refractivity contribution is -0.127. The highest BCUT2D eigenvalue weighted by Crippen LogP contribution is 2.15. The van der Waals surface area contributed by atoms with Gasteiger partial charge < -0.3 is 10.1 Å². The van der Waals surface area contributed by atoms with Crippen molar-refractivity contribution < 1.29 is 14.3 Å². The lowest BCUT2D eigenvalue weighted by Gasteiger charge is -2.18. The van der Waals surface area contributed by atoms with Gasteiger partial charge in [0, 0.05) is 11.6 Å². The van der Waals surface area contributed by atoms with Crippen LogP contribution in [-0.4, -0.2) is 23.8 Å². The van der Waals surface area contributed by atoms with E-state index in [0.29, 0.717) is 11.3 Å². The molecule has 1 N–H and O–H groups in total. The second-order valence-corrected chi connectivity index (χ2v) is 5.04. The van der Waals surface area contributed by atoms with E-state index in [2.05, 4.69) is 12.2 Å². The van der Waals surface area contributed by atoms with Gasteiger partial charge >= 0.3 is 0 Å². The summed E-state index contributed by atoms with van der Waals surface area (Å²) in [5, 5.41) is 2.91. The number of carbonyl (C=O) groups excluding carboxylic acids is 2. The minimum Gasteiger partial charge on any atom is -0.481 e. The first-order valence-electron chi connectivity index (χ1n) is 7.02. The first-order valence-corrected chi connectivity index (χ1v) is 7.02. The molecule has 0 aromatic heterocycles. The quantitative estimate of drug-likeness (QED) is 0.780. The number of hydrogen-bond donors (Lipinski definition) is 1. The standard InChI is InChI=1S/C16H23NO3/c1-5-7-11(2)17-16(19)13(4)20-15-9-6-8-14(10-15)12(3)18/h6,8-11,13H,5,7H2,1-4H3,(H,17,19). The lowest BCUT2D eigenvalue weighted by Crippen LogP contribution is -2.41. The Bertz CT molecular complexity index is 471. The first kappa shape index (κ1) is 16.2. The van der Waals surface area contributed by atoms with Crippen LogP contribution < -0.4 is 10.1 Å². The largest absolute Gasteiger partial charge is 0.481 e. The summed E-state index contributed by atoms with van der Waals surface area (Å²) < 4.78 is 5.58. The number of nitrogens with one attached hydrogen (secondary N) is 1. The van der Waals surface area contributed by atoms with Gasteiger partial charge in [0.25, 0.3) is 5.91 Å². The molecule has 0 bridgehead atoms. The van der Waals surface area contributed by atoms with Crippen LogP contribution in [0.2, 0.25) is 0 Å². The third-order valence-corrected chi connectivity index (χ3v) is 3.03. The van der Waals surface area contributed by atoms with Crippen LogP contribution in [0.5, 0.6) is 5.75 Å². The molecular formula is C16H23NO3. The third-order valence-electron chi connectivity index (χ3n) is 3.03. The highest BCUT2D eigenvalue weighted by atomic mass is 16.5. The van der Waals surface area contributed by atoms with Crippen LogP contribution in [0.1, 0.15) is 50.9 Å². The fraction of sp³-hybridized carbons (Fsp3) is 0.500. The zero-order valence-electron chi connectivity index (χ0n) is 12.6. The van der Waals surface area contributed by atoms with Gasteiger partial charge in [0.2, 0.25) is 0 Å². The highest BCUT2D eigenvalue weighted by Gasteiger charge is 2.16. The monoisotopic (exact) mass is 277 g/mol. The van der Waals surface area contributed by atoms with Crippen molar-refractivity contribution in [2.45, 2.75) is 52.7 Å². The maximum Gasteiger partial charge on any atom is 0.260 e. The molecule has 0 spiro atoms. The normalized spacial score (nSPS) is 13.4. The lowest BCUT2D eigenvalue weighted by atomic mass is 10.1. The molecule has 4 nitrogen and oxygen atoms in total. The van der Waals surface area contributed by atoms with E-state index in [1.54, 1.807) is 31.2 Å². The van der Waals surface area contributed by atoms with E-state index >= 15 is 0 Å². The molecule has 20 heavy (non-hydrogen) atoms. The van der Waals surface area contributed by atoms with Gasteiger partial charge in [-0.05, 0) is 39.3 Å². The molecule has 1 aromatic rings. The SMILES string of the molecule is CCCC(C)NC(=O)C(C)Oc1cccc(C(C)=O)c1. The Morgan fingerprint density at radius 2 is 2.00 bits per heavy atom. The van der Waals surface area contributed by atoms with E-state index in [4.69, 9.17) is 4.74 Å². The second-order valence-electron chi connectivity index (χ2n) is 5.04. The molecule has 0 saturated carbocycles. The Balaban J connectivity index is 2.61. The van der Waals surface area contributed by atoms with Gasteiger partial charge in [-0.1, -0.05) is 25.5 Å². The number of carbonyl (C=O) groups is 2. The van der Waals surface area contributed by atoms with Crippen LogP contribution in [0.3, 0.4) is 0 Å². The van der Waals surface area contributed by atoms with E-state index in [1.165, 1.54) is 6.92 Å². The number of hydrogen-bond acceptors (Lipinski definition) is 3. The Kier molecular flexibility index (Phi) is 6.22. The van der Waals surface area contributed by atoms with Crippen molar-refractivity contribution in [1.82, 2.24) is 5.32 Å². The van der Waals surface area contributed by atoms with Crippen molar-refractivity contribution >= 4 is 11.7 Å². The molecule has 0 aliphatic rings. The van der Waals surface area contributed by atoms with Gasteiger partial charge in [0.1, 0.15) is 5.75 Å². The molecule has 0 saturated heterocycles. The molecule has 4 heteroatoms. The van der Waals surface area contributed by atoms with E-state index < -0.39 is 6.10 Å². The molecule has 1 amide bonds. The molecule has 110 valence electrons. The van der Waals surface area contributed by atoms with Crippen molar-refractivity contribution in [3.05, 3.63) is 29.8 Å². The summed E-state index contributed by atoms with van der Waals surface area (Å²) in [6.45, 7) is 7.26. The van der Waals surface area contributed by atoms with Crippen LogP contribution in [0, 0.1) is 0 Å². The summed E-state index contributed by atoms with van der Waals surface area (Å²) >= 11 is 0. The zero-order valence-corrected chi connectivity index (χ0v) is 12.6. The molecule has 2 atom stereocenters. The van der Waals surface area contributed by atoms with Crippen LogP contribution >= 0.6 is 0 Å². The highest BCUT2D eigenvalue weighted by molar-refractivity contribution is 5.94. The fourth-order valence-electron chi connectivity index (χ4n) is 1.91. The van der Waals surface area contributed by atoms with Gasteiger partial charge in [0.05, 0.1) is 0 Å². The predicted octanol–water partition coefficient (Wildman–Crippen LogP) is 2.96. The average molecular weight is 277 g/mol. The molecule has 0 heterocycles. The van der Waals surface area contributed by atoms with Gasteiger partial charge in [-0.2, -0.15) is 0 Å². The maximum atomic E-state index is 11.9. The van der Waals surface area contributed by atoms with E-state index in [1.807, 2.05) is 6.92 Å². The van der Waals surface area contributed by atoms with Crippen LogP contribution in [0.15, 0.2) is 24.3 Å². The number of Topliss-reactive ketones (excluding diaryl/α,β-unsaturated/α-hetero) is 1. The molecule has 0 radical (unpaired) electrons. The van der Waals surface area contributed by atoms with Gasteiger partial charge in [-0.25, -0.2) is 0 Å². The van der Waals surface area contributed by atoms with Crippen molar-refractivity contribution in [1.29, 1.82) is 0 Å². The van der Waals surface area contributed by atoms with E-state index in [9.17, 15) is 9.59 Å². The first-order chi connectivity index (χ1) is 9.43. The van der Waals surface area contributed by atoms with E-state index in [-0.39, 0.29) is 17.7 Å². The van der Waals surface area contributed by atoms with Crippen LogP contribution in [-0.2, 0) is 4.79 Å². The number of amides is 1. The number of ketones is 1. The topological polar surface area (TPSA) is 55.4 Å². The summed E-state index contributed by atoms with van der Waals surface area (Å²) in [6, 6.07) is 7.01. The van der Waals surface area contributed by atoms with Crippen molar-refractivity contribution in [3.63, 3.8) is 0 Å². The van der Waals surface area contributed by atoms with Crippen molar-refractivity contribution in [3.8, 4) is 5.75 Å².